The van der Waals surface area contributed by atoms with Gasteiger partial charge in [-0.1, -0.05) is 66.7 Å². The van der Waals surface area contributed by atoms with Gasteiger partial charge < -0.3 is 5.32 Å². The Morgan fingerprint density at radius 1 is 0.800 bits per heavy atom. The number of hydrogen-bond acceptors (Lipinski definition) is 1. The van der Waals surface area contributed by atoms with Gasteiger partial charge in [0.25, 0.3) is 0 Å². The van der Waals surface area contributed by atoms with Crippen molar-refractivity contribution in [3.05, 3.63) is 83.4 Å². The molecule has 0 aliphatic heterocycles. The molecule has 3 rings (SSSR count). The molecule has 0 fully saturated rings. The zero-order valence-corrected chi connectivity index (χ0v) is 11.8. The maximum Gasteiger partial charge on any atom is 0.0208 e. The molecule has 20 heavy (non-hydrogen) atoms. The lowest BCUT2D eigenvalue weighted by Gasteiger charge is -2.10. The van der Waals surface area contributed by atoms with E-state index in [4.69, 9.17) is 0 Å². The Balaban J connectivity index is 2.03. The van der Waals surface area contributed by atoms with Crippen LogP contribution in [0.2, 0.25) is 0 Å². The quantitative estimate of drug-likeness (QED) is 0.744. The van der Waals surface area contributed by atoms with Crippen LogP contribution in [0.25, 0.3) is 10.8 Å². The van der Waals surface area contributed by atoms with Gasteiger partial charge in [0, 0.05) is 6.54 Å². The summed E-state index contributed by atoms with van der Waals surface area (Å²) < 4.78 is 0. The minimum atomic E-state index is 0.906. The van der Waals surface area contributed by atoms with Crippen LogP contribution in [-0.4, -0.2) is 7.05 Å². The van der Waals surface area contributed by atoms with Gasteiger partial charge in [-0.2, -0.15) is 0 Å². The highest BCUT2D eigenvalue weighted by Crippen LogP contribution is 2.22. The predicted molar refractivity (Wildman–Crippen MR) is 86.0 cm³/mol. The highest BCUT2D eigenvalue weighted by molar-refractivity contribution is 5.86. The van der Waals surface area contributed by atoms with Gasteiger partial charge >= 0.3 is 0 Å². The molecule has 0 bridgehead atoms. The van der Waals surface area contributed by atoms with Gasteiger partial charge in [0.1, 0.15) is 0 Å². The van der Waals surface area contributed by atoms with E-state index >= 15 is 0 Å². The molecular formula is C19H19N. The van der Waals surface area contributed by atoms with E-state index in [1.54, 1.807) is 0 Å². The fraction of sp³-hybridized carbons (Fsp3) is 0.158. The van der Waals surface area contributed by atoms with Gasteiger partial charge in [0.05, 0.1) is 0 Å². The van der Waals surface area contributed by atoms with Gasteiger partial charge in [0.2, 0.25) is 0 Å². The fourth-order valence-corrected chi connectivity index (χ4v) is 2.73. The Labute approximate surface area is 120 Å². The lowest BCUT2D eigenvalue weighted by atomic mass is 9.97. The molecule has 0 aliphatic carbocycles. The number of fused-ring (bicyclic) bond motifs is 1. The maximum absolute atomic E-state index is 3.27. The molecular weight excluding hydrogens is 242 g/mol. The highest BCUT2D eigenvalue weighted by atomic mass is 14.8. The van der Waals surface area contributed by atoms with Gasteiger partial charge in [-0.25, -0.2) is 0 Å². The van der Waals surface area contributed by atoms with E-state index in [0.29, 0.717) is 0 Å². The third kappa shape index (κ3) is 2.73. The molecule has 0 atom stereocenters. The van der Waals surface area contributed by atoms with Crippen LogP contribution >= 0.6 is 0 Å². The summed E-state index contributed by atoms with van der Waals surface area (Å²) >= 11 is 0. The number of nitrogens with one attached hydrogen (secondary N) is 1. The first kappa shape index (κ1) is 12.9. The molecule has 0 saturated carbocycles. The Morgan fingerprint density at radius 3 is 2.35 bits per heavy atom. The summed E-state index contributed by atoms with van der Waals surface area (Å²) in [5.74, 6) is 0. The molecule has 1 heteroatoms. The first-order chi connectivity index (χ1) is 9.86. The van der Waals surface area contributed by atoms with Crippen LogP contribution in [0.1, 0.15) is 16.7 Å². The maximum atomic E-state index is 3.27. The second-order valence-electron chi connectivity index (χ2n) is 5.17. The van der Waals surface area contributed by atoms with Crippen LogP contribution in [0.5, 0.6) is 0 Å². The summed E-state index contributed by atoms with van der Waals surface area (Å²) in [7, 11) is 2.00. The van der Waals surface area contributed by atoms with Crippen molar-refractivity contribution in [1.29, 1.82) is 0 Å². The Kier molecular flexibility index (Phi) is 3.80. The lowest BCUT2D eigenvalue weighted by molar-refractivity contribution is 0.822. The summed E-state index contributed by atoms with van der Waals surface area (Å²) in [6.07, 6.45) is 0.988. The summed E-state index contributed by atoms with van der Waals surface area (Å²) in [6, 6.07) is 23.9. The first-order valence-corrected chi connectivity index (χ1v) is 7.06. The Hall–Kier alpha value is -2.12. The average Bonchev–Trinajstić information content (AvgIpc) is 2.49. The smallest absolute Gasteiger partial charge is 0.0208 e. The van der Waals surface area contributed by atoms with Crippen molar-refractivity contribution in [3.8, 4) is 0 Å². The zero-order valence-electron chi connectivity index (χ0n) is 11.8. The molecule has 0 saturated heterocycles. The molecule has 0 spiro atoms. The molecule has 0 amide bonds. The van der Waals surface area contributed by atoms with Crippen molar-refractivity contribution < 1.29 is 0 Å². The number of rotatable bonds is 4. The average molecular weight is 261 g/mol. The zero-order chi connectivity index (χ0) is 13.8. The van der Waals surface area contributed by atoms with E-state index in [-0.39, 0.29) is 0 Å². The van der Waals surface area contributed by atoms with Gasteiger partial charge in [-0.3, -0.25) is 0 Å². The largest absolute Gasteiger partial charge is 0.316 e. The first-order valence-electron chi connectivity index (χ1n) is 7.06. The molecule has 0 heterocycles. The van der Waals surface area contributed by atoms with Crippen LogP contribution in [-0.2, 0) is 13.0 Å². The lowest BCUT2D eigenvalue weighted by Crippen LogP contribution is -2.06. The standard InChI is InChI=1S/C19H19N/c1-20-14-18-13-16(11-15-7-3-2-4-8-15)12-17-9-5-6-10-19(17)18/h2-10,12-13,20H,11,14H2,1H3. The molecule has 100 valence electrons. The second kappa shape index (κ2) is 5.89. The normalized spacial score (nSPS) is 10.8. The van der Waals surface area contributed by atoms with Crippen LogP contribution in [0.4, 0.5) is 0 Å². The van der Waals surface area contributed by atoms with E-state index in [2.05, 4.69) is 72.0 Å². The van der Waals surface area contributed by atoms with Crippen LogP contribution in [0, 0.1) is 0 Å². The van der Waals surface area contributed by atoms with E-state index in [9.17, 15) is 0 Å². The third-order valence-corrected chi connectivity index (χ3v) is 3.63. The van der Waals surface area contributed by atoms with E-state index in [1.165, 1.54) is 27.5 Å². The third-order valence-electron chi connectivity index (χ3n) is 3.63. The number of benzene rings is 3. The molecule has 3 aromatic carbocycles. The summed E-state index contributed by atoms with van der Waals surface area (Å²) in [4.78, 5) is 0. The minimum absolute atomic E-state index is 0.906. The monoisotopic (exact) mass is 261 g/mol. The van der Waals surface area contributed by atoms with Crippen molar-refractivity contribution in [2.24, 2.45) is 0 Å². The van der Waals surface area contributed by atoms with Crippen LogP contribution in [0.15, 0.2) is 66.7 Å². The Morgan fingerprint density at radius 2 is 1.55 bits per heavy atom. The molecule has 0 aliphatic rings. The highest BCUT2D eigenvalue weighted by Gasteiger charge is 2.04. The fourth-order valence-electron chi connectivity index (χ4n) is 2.73. The van der Waals surface area contributed by atoms with Crippen molar-refractivity contribution in [2.75, 3.05) is 7.05 Å². The van der Waals surface area contributed by atoms with Gasteiger partial charge in [-0.15, -0.1) is 0 Å². The second-order valence-corrected chi connectivity index (χ2v) is 5.17. The van der Waals surface area contributed by atoms with Crippen molar-refractivity contribution >= 4 is 10.8 Å². The SMILES string of the molecule is CNCc1cc(Cc2ccccc2)cc2ccccc12. The molecule has 0 radical (unpaired) electrons. The predicted octanol–water partition coefficient (Wildman–Crippen LogP) is 4.15. The van der Waals surface area contributed by atoms with Crippen LogP contribution in [0.3, 0.4) is 0 Å². The summed E-state index contributed by atoms with van der Waals surface area (Å²) in [5, 5.41) is 5.94. The molecule has 0 aromatic heterocycles. The molecule has 0 unspecified atom stereocenters. The van der Waals surface area contributed by atoms with Crippen LogP contribution < -0.4 is 5.32 Å². The molecule has 1 nitrogen and oxygen atoms in total. The van der Waals surface area contributed by atoms with Crippen molar-refractivity contribution in [3.63, 3.8) is 0 Å². The van der Waals surface area contributed by atoms with E-state index in [1.807, 2.05) is 7.05 Å². The minimum Gasteiger partial charge on any atom is -0.316 e. The van der Waals surface area contributed by atoms with E-state index in [0.717, 1.165) is 13.0 Å². The topological polar surface area (TPSA) is 12.0 Å². The van der Waals surface area contributed by atoms with E-state index < -0.39 is 0 Å². The summed E-state index contributed by atoms with van der Waals surface area (Å²) in [6.45, 7) is 0.906. The summed E-state index contributed by atoms with van der Waals surface area (Å²) in [5.41, 5.74) is 4.11. The van der Waals surface area contributed by atoms with Crippen molar-refractivity contribution in [2.45, 2.75) is 13.0 Å². The molecule has 1 N–H and O–H groups in total. The number of hydrogen-bond donors (Lipinski definition) is 1. The Bertz CT molecular complexity index is 701. The van der Waals surface area contributed by atoms with Gasteiger partial charge in [-0.05, 0) is 40.9 Å². The molecule has 3 aromatic rings. The van der Waals surface area contributed by atoms with Crippen molar-refractivity contribution in [1.82, 2.24) is 5.32 Å². The van der Waals surface area contributed by atoms with Gasteiger partial charge in [0.15, 0.2) is 0 Å².